The lowest BCUT2D eigenvalue weighted by molar-refractivity contribution is -0.00710. The molecule has 1 saturated carbocycles. The maximum atomic E-state index is 12.7. The van der Waals surface area contributed by atoms with E-state index in [0.29, 0.717) is 24.6 Å². The molecule has 0 saturated heterocycles. The van der Waals surface area contributed by atoms with Crippen LogP contribution in [0, 0.1) is 0 Å². The Balaban J connectivity index is 1.53. The minimum atomic E-state index is -0.115. The number of amides is 1. The van der Waals surface area contributed by atoms with Crippen LogP contribution in [0.2, 0.25) is 0 Å². The van der Waals surface area contributed by atoms with E-state index in [1.165, 1.54) is 0 Å². The largest absolute Gasteiger partial charge is 0.369 e. The maximum Gasteiger partial charge on any atom is 0.270 e. The van der Waals surface area contributed by atoms with Crippen LogP contribution in [0.3, 0.4) is 0 Å². The Bertz CT molecular complexity index is 775. The van der Waals surface area contributed by atoms with Crippen molar-refractivity contribution in [1.82, 2.24) is 20.3 Å². The number of hydrogen-bond donors (Lipinski definition) is 1. The third-order valence-electron chi connectivity index (χ3n) is 4.78. The summed E-state index contributed by atoms with van der Waals surface area (Å²) in [4.78, 5) is 12.7. The SMILES string of the molecule is C[C@@H]1Cc2c(nn(C)c2C(=O)NCc2conc2C2CC2)[C@H](C)O1. The van der Waals surface area contributed by atoms with Gasteiger partial charge < -0.3 is 14.6 Å². The van der Waals surface area contributed by atoms with Crippen LogP contribution in [-0.2, 0) is 24.8 Å². The third kappa shape index (κ3) is 2.62. The fourth-order valence-electron chi connectivity index (χ4n) is 3.50. The zero-order valence-electron chi connectivity index (χ0n) is 14.2. The van der Waals surface area contributed by atoms with Gasteiger partial charge in [0.1, 0.15) is 12.0 Å². The molecule has 2 aromatic rings. The van der Waals surface area contributed by atoms with Gasteiger partial charge in [-0.1, -0.05) is 5.16 Å². The second-order valence-electron chi connectivity index (χ2n) is 6.81. The first-order valence-corrected chi connectivity index (χ1v) is 8.47. The van der Waals surface area contributed by atoms with Gasteiger partial charge in [0, 0.05) is 37.1 Å². The second-order valence-corrected chi connectivity index (χ2v) is 6.81. The molecule has 1 amide bonds. The van der Waals surface area contributed by atoms with Crippen molar-refractivity contribution in [3.05, 3.63) is 34.5 Å². The molecule has 3 heterocycles. The van der Waals surface area contributed by atoms with Crippen molar-refractivity contribution in [3.63, 3.8) is 0 Å². The van der Waals surface area contributed by atoms with Gasteiger partial charge in [0.05, 0.1) is 23.6 Å². The highest BCUT2D eigenvalue weighted by molar-refractivity contribution is 5.94. The molecule has 2 atom stereocenters. The van der Waals surface area contributed by atoms with Crippen LogP contribution < -0.4 is 5.32 Å². The maximum absolute atomic E-state index is 12.7. The van der Waals surface area contributed by atoms with Gasteiger partial charge in [-0.3, -0.25) is 9.48 Å². The van der Waals surface area contributed by atoms with E-state index in [1.54, 1.807) is 18.0 Å². The van der Waals surface area contributed by atoms with Crippen LogP contribution in [0.15, 0.2) is 10.8 Å². The van der Waals surface area contributed by atoms with Crippen molar-refractivity contribution in [1.29, 1.82) is 0 Å². The van der Waals surface area contributed by atoms with Gasteiger partial charge in [-0.15, -0.1) is 0 Å². The molecule has 0 unspecified atom stereocenters. The molecule has 1 fully saturated rings. The lowest BCUT2D eigenvalue weighted by Gasteiger charge is -2.24. The summed E-state index contributed by atoms with van der Waals surface area (Å²) in [6.45, 7) is 4.42. The smallest absolute Gasteiger partial charge is 0.270 e. The van der Waals surface area contributed by atoms with Crippen molar-refractivity contribution < 1.29 is 14.1 Å². The molecular weight excluding hydrogens is 308 g/mol. The highest BCUT2D eigenvalue weighted by Crippen LogP contribution is 2.40. The van der Waals surface area contributed by atoms with Crippen molar-refractivity contribution >= 4 is 5.91 Å². The molecule has 1 N–H and O–H groups in total. The normalized spacial score (nSPS) is 23.1. The average Bonchev–Trinajstić information content (AvgIpc) is 3.17. The summed E-state index contributed by atoms with van der Waals surface area (Å²) in [5.74, 6) is 0.384. The van der Waals surface area contributed by atoms with Crippen LogP contribution in [0.5, 0.6) is 0 Å². The summed E-state index contributed by atoms with van der Waals surface area (Å²) in [5, 5.41) is 11.5. The van der Waals surface area contributed by atoms with E-state index in [9.17, 15) is 4.79 Å². The van der Waals surface area contributed by atoms with E-state index in [2.05, 4.69) is 15.6 Å². The molecule has 4 rings (SSSR count). The first kappa shape index (κ1) is 15.4. The number of nitrogens with zero attached hydrogens (tertiary/aromatic N) is 3. The summed E-state index contributed by atoms with van der Waals surface area (Å²) >= 11 is 0. The first-order valence-electron chi connectivity index (χ1n) is 8.47. The summed E-state index contributed by atoms with van der Waals surface area (Å²) in [6, 6.07) is 0. The van der Waals surface area contributed by atoms with Gasteiger partial charge in [-0.25, -0.2) is 0 Å². The van der Waals surface area contributed by atoms with Gasteiger partial charge in [0.25, 0.3) is 5.91 Å². The second kappa shape index (κ2) is 5.73. The van der Waals surface area contributed by atoms with Crippen LogP contribution in [-0.4, -0.2) is 26.9 Å². The van der Waals surface area contributed by atoms with Gasteiger partial charge in [-0.2, -0.15) is 5.10 Å². The Morgan fingerprint density at radius 3 is 2.92 bits per heavy atom. The summed E-state index contributed by atoms with van der Waals surface area (Å²) in [6.07, 6.45) is 4.64. The number of nitrogens with one attached hydrogen (secondary N) is 1. The summed E-state index contributed by atoms with van der Waals surface area (Å²) in [5.41, 5.74) is 4.43. The molecule has 0 aromatic carbocycles. The molecule has 128 valence electrons. The van der Waals surface area contributed by atoms with E-state index in [-0.39, 0.29) is 18.1 Å². The van der Waals surface area contributed by atoms with E-state index < -0.39 is 0 Å². The Kier molecular flexibility index (Phi) is 3.68. The van der Waals surface area contributed by atoms with Crippen molar-refractivity contribution in [2.45, 2.75) is 57.8 Å². The molecule has 1 aliphatic carbocycles. The van der Waals surface area contributed by atoms with Crippen LogP contribution >= 0.6 is 0 Å². The highest BCUT2D eigenvalue weighted by atomic mass is 16.5. The zero-order valence-corrected chi connectivity index (χ0v) is 14.2. The highest BCUT2D eigenvalue weighted by Gasteiger charge is 2.32. The minimum Gasteiger partial charge on any atom is -0.369 e. The molecule has 2 aromatic heterocycles. The molecule has 0 bridgehead atoms. The molecule has 7 nitrogen and oxygen atoms in total. The molecule has 7 heteroatoms. The Hall–Kier alpha value is -2.15. The van der Waals surface area contributed by atoms with Crippen LogP contribution in [0.4, 0.5) is 0 Å². The summed E-state index contributed by atoms with van der Waals surface area (Å²) < 4.78 is 12.5. The zero-order chi connectivity index (χ0) is 16.8. The molecule has 0 radical (unpaired) electrons. The first-order chi connectivity index (χ1) is 11.5. The number of aromatic nitrogens is 3. The number of carbonyl (C=O) groups is 1. The Labute approximate surface area is 140 Å². The summed E-state index contributed by atoms with van der Waals surface area (Å²) in [7, 11) is 1.81. The van der Waals surface area contributed by atoms with E-state index >= 15 is 0 Å². The standard InChI is InChI=1S/C17H22N4O3/c1-9-6-13-14(10(2)24-9)19-21(3)16(13)17(22)18-7-12-8-23-20-15(12)11-4-5-11/h8-11H,4-7H2,1-3H3,(H,18,22)/t9-,10+/m1/s1. The fraction of sp³-hybridized carbons (Fsp3) is 0.588. The molecule has 2 aliphatic rings. The number of ether oxygens (including phenoxy) is 1. The van der Waals surface area contributed by atoms with Crippen molar-refractivity contribution in [3.8, 4) is 0 Å². The number of fused-ring (bicyclic) bond motifs is 1. The number of hydrogen-bond acceptors (Lipinski definition) is 5. The van der Waals surface area contributed by atoms with Gasteiger partial charge in [-0.05, 0) is 26.7 Å². The Morgan fingerprint density at radius 2 is 2.17 bits per heavy atom. The molecule has 1 aliphatic heterocycles. The lowest BCUT2D eigenvalue weighted by Crippen LogP contribution is -2.28. The molecule has 0 spiro atoms. The number of aryl methyl sites for hydroxylation is 1. The fourth-order valence-corrected chi connectivity index (χ4v) is 3.50. The monoisotopic (exact) mass is 330 g/mol. The van der Waals surface area contributed by atoms with Crippen molar-refractivity contribution in [2.75, 3.05) is 0 Å². The van der Waals surface area contributed by atoms with Crippen LogP contribution in [0.1, 0.15) is 71.7 Å². The van der Waals surface area contributed by atoms with E-state index in [4.69, 9.17) is 9.26 Å². The van der Waals surface area contributed by atoms with Gasteiger partial charge in [0.2, 0.25) is 0 Å². The van der Waals surface area contributed by atoms with E-state index in [0.717, 1.165) is 35.4 Å². The predicted octanol–water partition coefficient (Wildman–Crippen LogP) is 2.24. The van der Waals surface area contributed by atoms with Gasteiger partial charge in [0.15, 0.2) is 0 Å². The Morgan fingerprint density at radius 1 is 1.38 bits per heavy atom. The molecular formula is C17H22N4O3. The topological polar surface area (TPSA) is 82.2 Å². The van der Waals surface area contributed by atoms with E-state index in [1.807, 2.05) is 13.8 Å². The van der Waals surface area contributed by atoms with Crippen LogP contribution in [0.25, 0.3) is 0 Å². The minimum absolute atomic E-state index is 0.0859. The predicted molar refractivity (Wildman–Crippen MR) is 85.5 cm³/mol. The van der Waals surface area contributed by atoms with Gasteiger partial charge >= 0.3 is 0 Å². The third-order valence-corrected chi connectivity index (χ3v) is 4.78. The number of rotatable bonds is 4. The quantitative estimate of drug-likeness (QED) is 0.929. The molecule has 24 heavy (non-hydrogen) atoms. The average molecular weight is 330 g/mol. The van der Waals surface area contributed by atoms with Crippen molar-refractivity contribution in [2.24, 2.45) is 7.05 Å². The number of carbonyl (C=O) groups excluding carboxylic acids is 1. The lowest BCUT2D eigenvalue weighted by atomic mass is 9.99.